The van der Waals surface area contributed by atoms with E-state index in [1.165, 1.54) is 31.4 Å². The minimum atomic E-state index is -5.22. The molecule has 0 bridgehead atoms. The number of amides is 1. The number of rotatable bonds is 18. The van der Waals surface area contributed by atoms with Gasteiger partial charge in [-0.2, -0.15) is 45.6 Å². The molecule has 0 aromatic heterocycles. The molecule has 26 nitrogen and oxygen atoms in total. The molecule has 5 aromatic rings. The predicted octanol–water partition coefficient (Wildman–Crippen LogP) is 4.81. The van der Waals surface area contributed by atoms with Crippen LogP contribution >= 0.6 is 0 Å². The third-order valence-electron chi connectivity index (χ3n) is 8.82. The Balaban J connectivity index is 1.36. The number of aliphatic hydroxyl groups excluding tert-OH is 2. The summed E-state index contributed by atoms with van der Waals surface area (Å²) < 4.78 is 118. The molecule has 66 heavy (non-hydrogen) atoms. The first kappa shape index (κ1) is 48.1. The Kier molecular flexibility index (Phi) is 14.1. The first-order valence-electron chi connectivity index (χ1n) is 18.2. The number of aromatic hydroxyl groups is 1. The van der Waals surface area contributed by atoms with Crippen LogP contribution in [-0.4, -0.2) is 117 Å². The number of hydrazone groups is 1. The van der Waals surface area contributed by atoms with Crippen LogP contribution in [0, 0.1) is 0 Å². The van der Waals surface area contributed by atoms with Crippen LogP contribution in [0.5, 0.6) is 23.0 Å². The van der Waals surface area contributed by atoms with Gasteiger partial charge in [-0.25, -0.2) is 4.79 Å². The number of fused-ring (bicyclic) bond motifs is 1. The number of carboxylic acid groups (broad SMARTS) is 1. The van der Waals surface area contributed by atoms with Crippen LogP contribution in [0.4, 0.5) is 34.1 Å². The molecule has 1 aliphatic heterocycles. The lowest BCUT2D eigenvalue weighted by molar-refractivity contribution is -0.130. The fraction of sp³-hybridized carbons (Fsp3) is 0.162. The lowest BCUT2D eigenvalue weighted by Crippen LogP contribution is -2.33. The molecule has 1 amide bonds. The van der Waals surface area contributed by atoms with Gasteiger partial charge in [0.1, 0.15) is 63.0 Å². The van der Waals surface area contributed by atoms with Crippen LogP contribution in [0.1, 0.15) is 0 Å². The highest BCUT2D eigenvalue weighted by Gasteiger charge is 2.41. The minimum Gasteiger partial charge on any atom is -0.505 e. The molecule has 1 aliphatic rings. The van der Waals surface area contributed by atoms with E-state index in [9.17, 15) is 68.9 Å². The van der Waals surface area contributed by atoms with Crippen LogP contribution in [0.3, 0.4) is 0 Å². The molecule has 1 heterocycles. The normalized spacial score (nSPS) is 14.8. The Labute approximate surface area is 371 Å². The number of benzene rings is 5. The lowest BCUT2D eigenvalue weighted by atomic mass is 10.1. The number of ether oxygens (including phenoxy) is 3. The average Bonchev–Trinajstić information content (AvgIpc) is 3.60. The number of nitrogens with zero attached hydrogens (tertiary/aromatic N) is 8. The SMILES string of the molecule is COc1ccc(/N=N/c2cc(OCCO)c(/N=N/c3c(S(=O)(=O)O)cc4cc(/N=N/C5C(=O)N(c6ccc(S(=O)(=O)O)cc6)N=C5C(=O)O)ccc4c3O)cc2OCCO)c(S(=O)(=O)O)c1. The summed E-state index contributed by atoms with van der Waals surface area (Å²) in [5, 5.41) is 67.8. The second-order valence-corrected chi connectivity index (χ2v) is 17.3. The highest BCUT2D eigenvalue weighted by atomic mass is 32.2. The minimum absolute atomic E-state index is 0.0685. The summed E-state index contributed by atoms with van der Waals surface area (Å²) in [6.45, 7) is -1.74. The molecule has 0 aliphatic carbocycles. The Morgan fingerprint density at radius 1 is 0.712 bits per heavy atom. The Bertz CT molecular complexity index is 3220. The van der Waals surface area contributed by atoms with Gasteiger partial charge < -0.3 is 34.6 Å². The van der Waals surface area contributed by atoms with Crippen molar-refractivity contribution in [2.24, 2.45) is 35.8 Å². The fourth-order valence-electron chi connectivity index (χ4n) is 5.83. The molecule has 0 saturated carbocycles. The molecule has 0 spiro atoms. The largest absolute Gasteiger partial charge is 0.505 e. The number of anilines is 1. The van der Waals surface area contributed by atoms with Gasteiger partial charge in [0.2, 0.25) is 6.04 Å². The summed E-state index contributed by atoms with van der Waals surface area (Å²) in [6, 6.07) is 12.5. The van der Waals surface area contributed by atoms with E-state index in [0.717, 1.165) is 54.6 Å². The molecular formula is C37H32N8O18S3. The maximum atomic E-state index is 13.2. The first-order valence-corrected chi connectivity index (χ1v) is 22.5. The number of phenols is 1. The molecule has 0 saturated heterocycles. The van der Waals surface area contributed by atoms with Gasteiger partial charge in [0.15, 0.2) is 11.5 Å². The van der Waals surface area contributed by atoms with E-state index in [-0.39, 0.29) is 69.7 Å². The molecule has 6 rings (SSSR count). The quantitative estimate of drug-likeness (QED) is 0.0457. The summed E-state index contributed by atoms with van der Waals surface area (Å²) in [5.74, 6) is -3.86. The van der Waals surface area contributed by atoms with E-state index in [2.05, 4.69) is 35.8 Å². The maximum absolute atomic E-state index is 13.2. The smallest absolute Gasteiger partial charge is 0.355 e. The first-order chi connectivity index (χ1) is 31.1. The number of hydrogen-bond acceptors (Lipinski definition) is 21. The molecule has 346 valence electrons. The lowest BCUT2D eigenvalue weighted by Gasteiger charge is -2.13. The summed E-state index contributed by atoms with van der Waals surface area (Å²) in [5.41, 5.74) is -2.56. The van der Waals surface area contributed by atoms with Crippen LogP contribution in [0.2, 0.25) is 0 Å². The third-order valence-corrected chi connectivity index (χ3v) is 11.4. The average molecular weight is 973 g/mol. The molecule has 5 aromatic carbocycles. The highest BCUT2D eigenvalue weighted by molar-refractivity contribution is 7.86. The number of azo groups is 3. The van der Waals surface area contributed by atoms with Gasteiger partial charge >= 0.3 is 5.97 Å². The van der Waals surface area contributed by atoms with Crippen LogP contribution < -0.4 is 19.2 Å². The van der Waals surface area contributed by atoms with Gasteiger partial charge in [-0.15, -0.1) is 20.5 Å². The van der Waals surface area contributed by atoms with E-state index in [1.807, 2.05) is 0 Å². The van der Waals surface area contributed by atoms with E-state index >= 15 is 0 Å². The topological polar surface area (TPSA) is 396 Å². The van der Waals surface area contributed by atoms with E-state index in [4.69, 9.17) is 14.2 Å². The van der Waals surface area contributed by atoms with Crippen molar-refractivity contribution < 1.29 is 83.1 Å². The molecule has 7 N–H and O–H groups in total. The zero-order chi connectivity index (χ0) is 48.1. The number of hydrogen-bond donors (Lipinski definition) is 7. The molecule has 1 unspecified atom stereocenters. The number of carbonyl (C=O) groups excluding carboxylic acids is 1. The number of phenolic OH excluding ortho intramolecular Hbond substituents is 1. The highest BCUT2D eigenvalue weighted by Crippen LogP contribution is 2.45. The molecule has 0 fully saturated rings. The maximum Gasteiger partial charge on any atom is 0.355 e. The van der Waals surface area contributed by atoms with Crippen molar-refractivity contribution >= 4 is 92.8 Å². The Hall–Kier alpha value is -7.38. The monoisotopic (exact) mass is 972 g/mol. The van der Waals surface area contributed by atoms with Crippen molar-refractivity contribution in [1.82, 2.24) is 0 Å². The number of aliphatic hydroxyl groups is 2. The van der Waals surface area contributed by atoms with Gasteiger partial charge in [0.25, 0.3) is 36.3 Å². The van der Waals surface area contributed by atoms with Crippen LogP contribution in [0.15, 0.2) is 129 Å². The summed E-state index contributed by atoms with van der Waals surface area (Å²) in [4.78, 5) is 23.1. The summed E-state index contributed by atoms with van der Waals surface area (Å²) >= 11 is 0. The summed E-state index contributed by atoms with van der Waals surface area (Å²) in [6.07, 6.45) is 0. The predicted molar refractivity (Wildman–Crippen MR) is 225 cm³/mol. The fourth-order valence-corrected chi connectivity index (χ4v) is 7.61. The number of aliphatic carboxylic acids is 1. The standard InChI is InChI=1S/C37H32N8O18S3/c1-61-22-5-9-25(30(16-22)65(55,56)57)39-40-26-17-29(63-13-11-47)27(18-28(26)62-12-10-46)41-42-32-31(66(58,59)60)15-19-14-20(2-8-24(19)35(32)48)38-43-33-34(37(50)51)44-45(36(33)49)21-3-6-23(7-4-21)64(52,53)54/h2-9,14-18,33,46-48H,10-13H2,1H3,(H,50,51)(H,52,53,54)(H,55,56,57)(H,58,59,60)/b40-39+,42-41+,43-38+. The van der Waals surface area contributed by atoms with E-state index < -0.39 is 93.3 Å². The molecule has 29 heteroatoms. The Morgan fingerprint density at radius 2 is 1.30 bits per heavy atom. The van der Waals surface area contributed by atoms with Gasteiger partial charge in [0.05, 0.1) is 36.6 Å². The second-order valence-electron chi connectivity index (χ2n) is 13.1. The number of carboxylic acids is 1. The third kappa shape index (κ3) is 10.8. The van der Waals surface area contributed by atoms with Gasteiger partial charge in [-0.3, -0.25) is 18.5 Å². The van der Waals surface area contributed by atoms with Crippen LogP contribution in [0.25, 0.3) is 10.8 Å². The zero-order valence-electron chi connectivity index (χ0n) is 33.3. The second kappa shape index (κ2) is 19.4. The zero-order valence-corrected chi connectivity index (χ0v) is 35.8. The van der Waals surface area contributed by atoms with Gasteiger partial charge in [-0.1, -0.05) is 0 Å². The van der Waals surface area contributed by atoms with Gasteiger partial charge in [-0.05, 0) is 66.0 Å². The van der Waals surface area contributed by atoms with Crippen LogP contribution in [-0.2, 0) is 39.9 Å². The van der Waals surface area contributed by atoms with Crippen molar-refractivity contribution in [3.05, 3.63) is 78.9 Å². The Morgan fingerprint density at radius 3 is 1.85 bits per heavy atom. The summed E-state index contributed by atoms with van der Waals surface area (Å²) in [7, 11) is -13.4. The van der Waals surface area contributed by atoms with Crippen molar-refractivity contribution in [3.8, 4) is 23.0 Å². The van der Waals surface area contributed by atoms with Crippen molar-refractivity contribution in [3.63, 3.8) is 0 Å². The van der Waals surface area contributed by atoms with E-state index in [1.54, 1.807) is 0 Å². The number of carbonyl (C=O) groups is 2. The molecule has 1 atom stereocenters. The van der Waals surface area contributed by atoms with Crippen molar-refractivity contribution in [2.45, 2.75) is 20.7 Å². The number of methoxy groups -OCH3 is 1. The molecular weight excluding hydrogens is 941 g/mol. The van der Waals surface area contributed by atoms with E-state index in [0.29, 0.717) is 5.01 Å². The van der Waals surface area contributed by atoms with Crippen molar-refractivity contribution in [1.29, 1.82) is 0 Å². The van der Waals surface area contributed by atoms with Crippen molar-refractivity contribution in [2.75, 3.05) is 38.5 Å². The van der Waals surface area contributed by atoms with Gasteiger partial charge in [0, 0.05) is 23.6 Å². The molecule has 0 radical (unpaired) electrons.